The normalized spacial score (nSPS) is 19.3. The van der Waals surface area contributed by atoms with Crippen molar-refractivity contribution in [2.75, 3.05) is 7.11 Å². The zero-order chi connectivity index (χ0) is 21.6. The summed E-state index contributed by atoms with van der Waals surface area (Å²) in [5, 5.41) is 1.36. The van der Waals surface area contributed by atoms with Crippen LogP contribution in [0.3, 0.4) is 0 Å². The van der Waals surface area contributed by atoms with Gasteiger partial charge in [-0.15, -0.1) is 11.3 Å². The number of aromatic nitrogens is 1. The number of carbonyl (C=O) groups is 1. The molecule has 0 saturated heterocycles. The molecule has 9 heteroatoms. The molecule has 1 unspecified atom stereocenters. The number of nitrogens with one attached hydrogen (secondary N) is 1. The van der Waals surface area contributed by atoms with Crippen molar-refractivity contribution in [3.63, 3.8) is 0 Å². The van der Waals surface area contributed by atoms with E-state index < -0.39 is 6.23 Å². The quantitative estimate of drug-likeness (QED) is 0.569. The lowest BCUT2D eigenvalue weighted by atomic mass is 9.89. The number of aliphatic imine (C=N–C) groups is 1. The molecule has 0 bridgehead atoms. The topological polar surface area (TPSA) is 82.0 Å². The van der Waals surface area contributed by atoms with Crippen LogP contribution in [0.1, 0.15) is 47.6 Å². The second-order valence-corrected chi connectivity index (χ2v) is 8.92. The number of hydrogen-bond acceptors (Lipinski definition) is 8. The van der Waals surface area contributed by atoms with E-state index in [1.54, 1.807) is 36.6 Å². The van der Waals surface area contributed by atoms with Gasteiger partial charge in [0.1, 0.15) is 22.2 Å². The smallest absolute Gasteiger partial charge is 0.232 e. The van der Waals surface area contributed by atoms with Crippen molar-refractivity contribution in [3.8, 4) is 11.6 Å². The maximum atomic E-state index is 10.8. The maximum Gasteiger partial charge on any atom is 0.232 e. The molecule has 1 saturated carbocycles. The van der Waals surface area contributed by atoms with Crippen molar-refractivity contribution in [1.29, 1.82) is 0 Å². The summed E-state index contributed by atoms with van der Waals surface area (Å²) in [5.74, 6) is 2.25. The summed E-state index contributed by atoms with van der Waals surface area (Å²) in [6, 6.07) is 5.26. The van der Waals surface area contributed by atoms with E-state index in [1.807, 2.05) is 0 Å². The third kappa shape index (κ3) is 5.44. The molecular formula is C22H24ClN3O4S. The standard InChI is InChI=1S/C22H24ClN3O4S/c1-28-22-18(31-20(25-22)10-7-14-5-3-2-4-6-14)13-29-15-8-9-16(17(23)11-15)21-24-19(12-27)30-26-21/h7-12,14,19H,2-6,13H2,1H3,(H,24,26). The lowest BCUT2D eigenvalue weighted by molar-refractivity contribution is -0.118. The van der Waals surface area contributed by atoms with Gasteiger partial charge in [0.15, 0.2) is 12.1 Å². The van der Waals surface area contributed by atoms with Gasteiger partial charge in [0, 0.05) is 5.56 Å². The number of rotatable bonds is 8. The molecule has 0 amide bonds. The molecule has 2 aromatic rings. The fourth-order valence-electron chi connectivity index (χ4n) is 3.63. The lowest BCUT2D eigenvalue weighted by Crippen LogP contribution is -2.19. The number of halogens is 1. The van der Waals surface area contributed by atoms with Gasteiger partial charge < -0.3 is 9.47 Å². The number of benzene rings is 1. The molecule has 4 rings (SSSR count). The number of hydroxylamine groups is 1. The minimum absolute atomic E-state index is 0.323. The Kier molecular flexibility index (Phi) is 7.21. The predicted molar refractivity (Wildman–Crippen MR) is 121 cm³/mol. The van der Waals surface area contributed by atoms with Crippen LogP contribution in [0.15, 0.2) is 29.3 Å². The number of thiazole rings is 1. The van der Waals surface area contributed by atoms with E-state index in [9.17, 15) is 4.79 Å². The van der Waals surface area contributed by atoms with Gasteiger partial charge in [-0.3, -0.25) is 4.79 Å². The molecule has 1 aromatic heterocycles. The van der Waals surface area contributed by atoms with E-state index >= 15 is 0 Å². The second kappa shape index (κ2) is 10.3. The van der Waals surface area contributed by atoms with Crippen LogP contribution in [-0.2, 0) is 16.2 Å². The van der Waals surface area contributed by atoms with E-state index in [1.165, 1.54) is 32.1 Å². The van der Waals surface area contributed by atoms with Gasteiger partial charge in [-0.2, -0.15) is 0 Å². The third-order valence-corrected chi connectivity index (χ3v) is 6.53. The molecule has 1 N–H and O–H groups in total. The average molecular weight is 462 g/mol. The summed E-state index contributed by atoms with van der Waals surface area (Å²) in [4.78, 5) is 25.4. The van der Waals surface area contributed by atoms with Gasteiger partial charge in [0.2, 0.25) is 12.1 Å². The summed E-state index contributed by atoms with van der Waals surface area (Å²) in [5.41, 5.74) is 3.24. The van der Waals surface area contributed by atoms with E-state index in [0.717, 1.165) is 9.88 Å². The highest BCUT2D eigenvalue weighted by Crippen LogP contribution is 2.31. The van der Waals surface area contributed by atoms with Gasteiger partial charge in [0.25, 0.3) is 0 Å². The van der Waals surface area contributed by atoms with Gasteiger partial charge in [0.05, 0.1) is 12.1 Å². The molecule has 31 heavy (non-hydrogen) atoms. The Labute approximate surface area is 190 Å². The number of ether oxygens (including phenoxy) is 2. The molecule has 7 nitrogen and oxygen atoms in total. The van der Waals surface area contributed by atoms with E-state index in [0.29, 0.717) is 46.9 Å². The summed E-state index contributed by atoms with van der Waals surface area (Å²) in [6.45, 7) is 0.323. The van der Waals surface area contributed by atoms with E-state index in [4.69, 9.17) is 25.9 Å². The van der Waals surface area contributed by atoms with Crippen molar-refractivity contribution in [2.45, 2.75) is 44.9 Å². The summed E-state index contributed by atoms with van der Waals surface area (Å²) < 4.78 is 11.3. The van der Waals surface area contributed by atoms with Crippen LogP contribution in [-0.4, -0.2) is 30.4 Å². The van der Waals surface area contributed by atoms with Crippen molar-refractivity contribution >= 4 is 41.1 Å². The van der Waals surface area contributed by atoms with Crippen LogP contribution >= 0.6 is 22.9 Å². The van der Waals surface area contributed by atoms with Crippen LogP contribution in [0.4, 0.5) is 0 Å². The molecule has 2 heterocycles. The Balaban J connectivity index is 1.40. The fourth-order valence-corrected chi connectivity index (χ4v) is 4.75. The van der Waals surface area contributed by atoms with Gasteiger partial charge >= 0.3 is 0 Å². The molecule has 1 aromatic carbocycles. The van der Waals surface area contributed by atoms with Gasteiger partial charge in [-0.1, -0.05) is 36.9 Å². The van der Waals surface area contributed by atoms with E-state index in [2.05, 4.69) is 27.6 Å². The average Bonchev–Trinajstić information content (AvgIpc) is 3.44. The number of hydrogen-bond donors (Lipinski definition) is 1. The molecule has 164 valence electrons. The van der Waals surface area contributed by atoms with E-state index in [-0.39, 0.29) is 0 Å². The minimum Gasteiger partial charge on any atom is -0.488 e. The van der Waals surface area contributed by atoms with Crippen LogP contribution < -0.4 is 15.0 Å². The van der Waals surface area contributed by atoms with Crippen LogP contribution in [0.5, 0.6) is 11.6 Å². The van der Waals surface area contributed by atoms with Crippen molar-refractivity contribution in [2.24, 2.45) is 10.9 Å². The van der Waals surface area contributed by atoms with Crippen LogP contribution in [0.2, 0.25) is 5.02 Å². The Morgan fingerprint density at radius 1 is 1.32 bits per heavy atom. The second-order valence-electron chi connectivity index (χ2n) is 7.40. The molecule has 1 atom stereocenters. The Hall–Kier alpha value is -2.42. The molecule has 2 aliphatic rings. The van der Waals surface area contributed by atoms with Crippen molar-refractivity contribution < 1.29 is 19.1 Å². The summed E-state index contributed by atoms with van der Waals surface area (Å²) >= 11 is 7.93. The first-order valence-electron chi connectivity index (χ1n) is 10.3. The first kappa shape index (κ1) is 21.8. The van der Waals surface area contributed by atoms with Crippen LogP contribution in [0, 0.1) is 5.92 Å². The number of aldehydes is 1. The van der Waals surface area contributed by atoms with Crippen LogP contribution in [0.25, 0.3) is 6.08 Å². The summed E-state index contributed by atoms with van der Waals surface area (Å²) in [7, 11) is 1.61. The molecule has 0 radical (unpaired) electrons. The predicted octanol–water partition coefficient (Wildman–Crippen LogP) is 4.78. The first-order chi connectivity index (χ1) is 15.2. The zero-order valence-electron chi connectivity index (χ0n) is 17.2. The number of allylic oxidation sites excluding steroid dienone is 1. The highest BCUT2D eigenvalue weighted by Gasteiger charge is 2.20. The van der Waals surface area contributed by atoms with Gasteiger partial charge in [-0.05, 0) is 43.0 Å². The zero-order valence-corrected chi connectivity index (χ0v) is 18.7. The highest BCUT2D eigenvalue weighted by atomic mass is 35.5. The molecule has 1 aliphatic carbocycles. The Morgan fingerprint density at radius 2 is 2.16 bits per heavy atom. The Morgan fingerprint density at radius 3 is 2.87 bits per heavy atom. The molecule has 1 aliphatic heterocycles. The Bertz CT molecular complexity index is 985. The number of carbonyl (C=O) groups excluding carboxylic acids is 1. The van der Waals surface area contributed by atoms with Gasteiger partial charge in [-0.25, -0.2) is 20.3 Å². The first-order valence-corrected chi connectivity index (χ1v) is 11.4. The highest BCUT2D eigenvalue weighted by molar-refractivity contribution is 7.12. The lowest BCUT2D eigenvalue weighted by Gasteiger charge is -2.17. The number of nitrogens with zero attached hydrogens (tertiary/aromatic N) is 2. The SMILES string of the molecule is COc1nc(C=CC2CCCCC2)sc1COc1ccc(C2=NC(C=O)ON2)c(Cl)c1. The monoisotopic (exact) mass is 461 g/mol. The fraction of sp³-hybridized carbons (Fsp3) is 0.409. The van der Waals surface area contributed by atoms with Crippen molar-refractivity contribution in [3.05, 3.63) is 44.7 Å². The number of methoxy groups -OCH3 is 1. The third-order valence-electron chi connectivity index (χ3n) is 5.25. The minimum atomic E-state index is -0.859. The van der Waals surface area contributed by atoms with Crippen molar-refractivity contribution in [1.82, 2.24) is 10.5 Å². The number of amidine groups is 1. The molecular weight excluding hydrogens is 438 g/mol. The largest absolute Gasteiger partial charge is 0.488 e. The maximum absolute atomic E-state index is 10.8. The molecule has 1 fully saturated rings. The summed E-state index contributed by atoms with van der Waals surface area (Å²) in [6.07, 6.45) is 10.6. The molecule has 0 spiro atoms.